The maximum atomic E-state index is 12.6. The molecule has 0 saturated carbocycles. The van der Waals surface area contributed by atoms with Gasteiger partial charge in [-0.2, -0.15) is 0 Å². The molecule has 0 aromatic heterocycles. The van der Waals surface area contributed by atoms with Crippen LogP contribution in [0.25, 0.3) is 0 Å². The van der Waals surface area contributed by atoms with Crippen LogP contribution in [-0.2, 0) is 9.59 Å². The standard InChI is InChI=1S/C23H24Br2N4O6/c24-15-1-12(2-16(25)7-15)13(6-21(33)34)4-19(31)9-26-22(35)14-3-17(8-18(30)5-14)29-23-27-10-20(32)11-28-23/h1-3,5,7-8,13,20,30,32H,4,6,9-11H2,(H,26,35)(H,33,34)(H2,27,28,29)/t13-/m0/s1. The fourth-order valence-corrected chi connectivity index (χ4v) is 4.85. The first-order valence-electron chi connectivity index (χ1n) is 10.6. The Morgan fingerprint density at radius 1 is 1.09 bits per heavy atom. The van der Waals surface area contributed by atoms with Gasteiger partial charge in [-0.1, -0.05) is 31.9 Å². The van der Waals surface area contributed by atoms with Gasteiger partial charge in [0.15, 0.2) is 11.7 Å². The number of aliphatic imine (C=N–C) groups is 1. The minimum Gasteiger partial charge on any atom is -0.508 e. The van der Waals surface area contributed by atoms with Crippen LogP contribution in [0.4, 0.5) is 5.69 Å². The van der Waals surface area contributed by atoms with E-state index >= 15 is 0 Å². The van der Waals surface area contributed by atoms with E-state index in [1.54, 1.807) is 12.1 Å². The number of β-amino-alcohol motifs (C(OH)–C–C–N with tert-alkyl or cyclic N) is 1. The van der Waals surface area contributed by atoms with Crippen LogP contribution in [0.5, 0.6) is 5.75 Å². The van der Waals surface area contributed by atoms with Crippen LogP contribution in [0.15, 0.2) is 50.3 Å². The van der Waals surface area contributed by atoms with Crippen molar-refractivity contribution in [1.29, 1.82) is 0 Å². The number of halogens is 2. The van der Waals surface area contributed by atoms with E-state index in [1.807, 2.05) is 6.07 Å². The van der Waals surface area contributed by atoms with E-state index in [0.717, 1.165) is 8.95 Å². The van der Waals surface area contributed by atoms with Gasteiger partial charge in [-0.05, 0) is 35.9 Å². The largest absolute Gasteiger partial charge is 0.508 e. The second-order valence-corrected chi connectivity index (χ2v) is 9.87. The maximum Gasteiger partial charge on any atom is 0.303 e. The average molecular weight is 612 g/mol. The number of carboxylic acids is 1. The lowest BCUT2D eigenvalue weighted by Gasteiger charge is -2.20. The number of aliphatic carboxylic acids is 1. The Kier molecular flexibility index (Phi) is 9.24. The number of phenols is 1. The van der Waals surface area contributed by atoms with Crippen LogP contribution < -0.4 is 16.0 Å². The van der Waals surface area contributed by atoms with E-state index in [-0.39, 0.29) is 43.0 Å². The van der Waals surface area contributed by atoms with E-state index < -0.39 is 23.9 Å². The van der Waals surface area contributed by atoms with E-state index in [1.165, 1.54) is 18.2 Å². The van der Waals surface area contributed by atoms with Crippen molar-refractivity contribution in [1.82, 2.24) is 10.6 Å². The smallest absolute Gasteiger partial charge is 0.303 e. The van der Waals surface area contributed by atoms with Gasteiger partial charge in [0.25, 0.3) is 5.91 Å². The number of anilines is 1. The number of rotatable bonds is 9. The number of amides is 1. The number of nitrogens with zero attached hydrogens (tertiary/aromatic N) is 1. The summed E-state index contributed by atoms with van der Waals surface area (Å²) in [6, 6.07) is 9.49. The number of phenolic OH excluding ortho intramolecular Hbond substituents is 1. The molecule has 2 aromatic rings. The molecule has 0 fully saturated rings. The molecule has 2 atom stereocenters. The number of aliphatic hydroxyl groups is 1. The van der Waals surface area contributed by atoms with Crippen LogP contribution in [0.1, 0.15) is 34.7 Å². The number of benzene rings is 2. The van der Waals surface area contributed by atoms with Crippen molar-refractivity contribution in [3.05, 3.63) is 56.5 Å². The normalized spacial score (nSPS) is 16.0. The number of hydrogen-bond acceptors (Lipinski definition) is 8. The first-order valence-corrected chi connectivity index (χ1v) is 12.2. The molecule has 1 unspecified atom stereocenters. The van der Waals surface area contributed by atoms with Gasteiger partial charge in [0.1, 0.15) is 5.75 Å². The summed E-state index contributed by atoms with van der Waals surface area (Å²) in [4.78, 5) is 40.7. The summed E-state index contributed by atoms with van der Waals surface area (Å²) >= 11 is 6.74. The lowest BCUT2D eigenvalue weighted by atomic mass is 9.91. The minimum absolute atomic E-state index is 0.0698. The molecule has 0 saturated heterocycles. The third-order valence-electron chi connectivity index (χ3n) is 5.11. The molecule has 0 radical (unpaired) electrons. The van der Waals surface area contributed by atoms with Gasteiger partial charge in [0.2, 0.25) is 0 Å². The van der Waals surface area contributed by atoms with E-state index in [0.29, 0.717) is 23.8 Å². The van der Waals surface area contributed by atoms with Crippen molar-refractivity contribution in [2.45, 2.75) is 24.9 Å². The Balaban J connectivity index is 1.63. The molecule has 0 aliphatic carbocycles. The van der Waals surface area contributed by atoms with Crippen LogP contribution >= 0.6 is 31.9 Å². The molecule has 35 heavy (non-hydrogen) atoms. The number of guanidine groups is 1. The number of carboxylic acid groups (broad SMARTS) is 1. The van der Waals surface area contributed by atoms with Gasteiger partial charge in [0, 0.05) is 45.1 Å². The summed E-state index contributed by atoms with van der Waals surface area (Å²) in [5, 5.41) is 37.1. The number of aromatic hydroxyl groups is 1. The van der Waals surface area contributed by atoms with Crippen molar-refractivity contribution in [3.8, 4) is 5.75 Å². The van der Waals surface area contributed by atoms with Gasteiger partial charge >= 0.3 is 5.97 Å². The molecule has 10 nitrogen and oxygen atoms in total. The number of carbonyl (C=O) groups is 3. The topological polar surface area (TPSA) is 160 Å². The fourth-order valence-electron chi connectivity index (χ4n) is 3.52. The number of aliphatic hydroxyl groups excluding tert-OH is 1. The number of ketones is 1. The summed E-state index contributed by atoms with van der Waals surface area (Å²) in [5.41, 5.74) is 1.20. The highest BCUT2D eigenvalue weighted by atomic mass is 79.9. The predicted molar refractivity (Wildman–Crippen MR) is 137 cm³/mol. The van der Waals surface area contributed by atoms with Crippen molar-refractivity contribution >= 4 is 61.2 Å². The molecule has 0 spiro atoms. The highest BCUT2D eigenvalue weighted by Gasteiger charge is 2.21. The quantitative estimate of drug-likeness (QED) is 0.252. The van der Waals surface area contributed by atoms with Crippen molar-refractivity contribution in [2.75, 3.05) is 25.0 Å². The molecule has 1 aliphatic rings. The van der Waals surface area contributed by atoms with Crippen molar-refractivity contribution < 1.29 is 29.7 Å². The van der Waals surface area contributed by atoms with Crippen LogP contribution in [-0.4, -0.2) is 64.7 Å². The number of hydrogen-bond donors (Lipinski definition) is 6. The van der Waals surface area contributed by atoms with Crippen LogP contribution in [0.2, 0.25) is 0 Å². The van der Waals surface area contributed by atoms with E-state index in [2.05, 4.69) is 52.8 Å². The molecule has 3 rings (SSSR count). The first-order chi connectivity index (χ1) is 16.6. The molecule has 2 aromatic carbocycles. The van der Waals surface area contributed by atoms with E-state index in [9.17, 15) is 29.7 Å². The second-order valence-electron chi connectivity index (χ2n) is 8.04. The van der Waals surface area contributed by atoms with Crippen molar-refractivity contribution in [3.63, 3.8) is 0 Å². The van der Waals surface area contributed by atoms with Crippen molar-refractivity contribution in [2.24, 2.45) is 4.99 Å². The molecule has 12 heteroatoms. The zero-order chi connectivity index (χ0) is 25.5. The molecule has 1 amide bonds. The summed E-state index contributed by atoms with van der Waals surface area (Å²) in [6.07, 6.45) is -0.887. The number of carbonyl (C=O) groups excluding carboxylic acids is 2. The van der Waals surface area contributed by atoms with Gasteiger partial charge in [-0.25, -0.2) is 0 Å². The zero-order valence-electron chi connectivity index (χ0n) is 18.4. The molecular formula is C23H24Br2N4O6. The summed E-state index contributed by atoms with van der Waals surface area (Å²) in [6.45, 7) is 0.248. The molecular weight excluding hydrogens is 588 g/mol. The second kappa shape index (κ2) is 12.1. The number of Topliss-reactive ketones (excluding diaryl/α,β-unsaturated/α-hetero) is 1. The zero-order valence-corrected chi connectivity index (χ0v) is 21.6. The number of nitrogens with one attached hydrogen (secondary N) is 3. The predicted octanol–water partition coefficient (Wildman–Crippen LogP) is 2.60. The van der Waals surface area contributed by atoms with Gasteiger partial charge < -0.3 is 31.3 Å². The fraction of sp³-hybridized carbons (Fsp3) is 0.304. The highest BCUT2D eigenvalue weighted by Crippen LogP contribution is 2.30. The van der Waals surface area contributed by atoms with Gasteiger partial charge in [-0.15, -0.1) is 0 Å². The third kappa shape index (κ3) is 8.34. The summed E-state index contributed by atoms with van der Waals surface area (Å²) in [5.74, 6) is -2.28. The van der Waals surface area contributed by atoms with E-state index in [4.69, 9.17) is 0 Å². The molecule has 186 valence electrons. The Labute approximate surface area is 218 Å². The monoisotopic (exact) mass is 610 g/mol. The molecule has 0 bridgehead atoms. The Bertz CT molecular complexity index is 1140. The Hall–Kier alpha value is -2.96. The lowest BCUT2D eigenvalue weighted by Crippen LogP contribution is -2.42. The Morgan fingerprint density at radius 2 is 1.80 bits per heavy atom. The SMILES string of the molecule is O=C(O)C[C@H](CC(=O)CNC(=O)c1cc(O)cc(NC2=NCC(O)CN2)c1)c1cc(Br)cc(Br)c1. The minimum atomic E-state index is -1.03. The van der Waals surface area contributed by atoms with Gasteiger partial charge in [0.05, 0.1) is 25.6 Å². The molecule has 1 aliphatic heterocycles. The van der Waals surface area contributed by atoms with Crippen LogP contribution in [0.3, 0.4) is 0 Å². The summed E-state index contributed by atoms with van der Waals surface area (Å²) < 4.78 is 1.49. The molecule has 1 heterocycles. The molecule has 6 N–H and O–H groups in total. The lowest BCUT2D eigenvalue weighted by molar-refractivity contribution is -0.137. The average Bonchev–Trinajstić information content (AvgIpc) is 2.77. The van der Waals surface area contributed by atoms with Crippen LogP contribution in [0, 0.1) is 0 Å². The highest BCUT2D eigenvalue weighted by molar-refractivity contribution is 9.11. The van der Waals surface area contributed by atoms with Gasteiger partial charge in [-0.3, -0.25) is 19.4 Å². The third-order valence-corrected chi connectivity index (χ3v) is 6.02. The summed E-state index contributed by atoms with van der Waals surface area (Å²) in [7, 11) is 0. The first kappa shape index (κ1) is 26.6. The Morgan fingerprint density at radius 3 is 2.43 bits per heavy atom. The maximum absolute atomic E-state index is 12.6.